The topological polar surface area (TPSA) is 54.5 Å². The Morgan fingerprint density at radius 3 is 2.69 bits per heavy atom. The molecule has 2 heterocycles. The second kappa shape index (κ2) is 7.90. The summed E-state index contributed by atoms with van der Waals surface area (Å²) < 4.78 is 43.4. The molecule has 0 aliphatic carbocycles. The van der Waals surface area contributed by atoms with Crippen molar-refractivity contribution in [3.05, 3.63) is 22.8 Å². The summed E-state index contributed by atoms with van der Waals surface area (Å²) in [5.74, 6) is 0.470. The van der Waals surface area contributed by atoms with E-state index in [2.05, 4.69) is 10.3 Å². The number of halogens is 4. The molecule has 1 aromatic heterocycles. The first-order valence-corrected chi connectivity index (χ1v) is 8.78. The van der Waals surface area contributed by atoms with Crippen LogP contribution in [0.15, 0.2) is 12.3 Å². The summed E-state index contributed by atoms with van der Waals surface area (Å²) in [6, 6.07) is 0.895. The second-order valence-electron chi connectivity index (χ2n) is 7.36. The lowest BCUT2D eigenvalue weighted by Gasteiger charge is -2.34. The number of pyridine rings is 1. The number of amides is 1. The molecule has 1 aromatic rings. The van der Waals surface area contributed by atoms with Crippen molar-refractivity contribution in [3.63, 3.8) is 0 Å². The molecule has 1 aliphatic heterocycles. The minimum atomic E-state index is -4.48. The fourth-order valence-corrected chi connectivity index (χ4v) is 3.07. The molecule has 1 fully saturated rings. The van der Waals surface area contributed by atoms with Crippen LogP contribution >= 0.6 is 11.6 Å². The summed E-state index contributed by atoms with van der Waals surface area (Å²) in [6.07, 6.45) is -2.44. The highest BCUT2D eigenvalue weighted by atomic mass is 35.5. The normalized spacial score (nSPS) is 18.6. The highest BCUT2D eigenvalue weighted by Crippen LogP contribution is 2.34. The third-order valence-corrected chi connectivity index (χ3v) is 4.18. The molecule has 1 amide bonds. The Morgan fingerprint density at radius 2 is 2.12 bits per heavy atom. The molecule has 9 heteroatoms. The number of alkyl carbamates (subject to hydrolysis) is 1. The third-order valence-electron chi connectivity index (χ3n) is 3.90. The first-order valence-electron chi connectivity index (χ1n) is 8.40. The predicted octanol–water partition coefficient (Wildman–Crippen LogP) is 4.49. The van der Waals surface area contributed by atoms with E-state index >= 15 is 0 Å². The van der Waals surface area contributed by atoms with E-state index in [1.54, 1.807) is 20.8 Å². The lowest BCUT2D eigenvalue weighted by atomic mass is 9.98. The van der Waals surface area contributed by atoms with Crippen LogP contribution in [0.2, 0.25) is 5.02 Å². The number of hydrogen-bond donors (Lipinski definition) is 1. The average Bonchev–Trinajstić information content (AvgIpc) is 2.50. The van der Waals surface area contributed by atoms with Gasteiger partial charge in [-0.25, -0.2) is 9.78 Å². The maximum Gasteiger partial charge on any atom is 0.417 e. The van der Waals surface area contributed by atoms with Gasteiger partial charge in [-0.3, -0.25) is 0 Å². The Bertz CT molecular complexity index is 647. The zero-order valence-electron chi connectivity index (χ0n) is 15.0. The van der Waals surface area contributed by atoms with Crippen LogP contribution < -0.4 is 10.2 Å². The molecule has 1 N–H and O–H groups in total. The van der Waals surface area contributed by atoms with Crippen LogP contribution in [0.25, 0.3) is 0 Å². The van der Waals surface area contributed by atoms with Crippen molar-refractivity contribution in [2.24, 2.45) is 5.92 Å². The molecule has 1 atom stereocenters. The Hall–Kier alpha value is -1.70. The number of carbonyl (C=O) groups excluding carboxylic acids is 1. The summed E-state index contributed by atoms with van der Waals surface area (Å²) in [6.45, 7) is 6.98. The van der Waals surface area contributed by atoms with Crippen LogP contribution in [0.3, 0.4) is 0 Å². The summed E-state index contributed by atoms with van der Waals surface area (Å²) in [5.41, 5.74) is -1.44. The Labute approximate surface area is 155 Å². The number of carbonyl (C=O) groups is 1. The number of anilines is 1. The largest absolute Gasteiger partial charge is 0.444 e. The van der Waals surface area contributed by atoms with Crippen molar-refractivity contribution in [3.8, 4) is 0 Å². The quantitative estimate of drug-likeness (QED) is 0.821. The number of rotatable bonds is 3. The summed E-state index contributed by atoms with van der Waals surface area (Å²) >= 11 is 6.02. The van der Waals surface area contributed by atoms with Crippen molar-refractivity contribution in [2.45, 2.75) is 45.4 Å². The van der Waals surface area contributed by atoms with Gasteiger partial charge < -0.3 is 15.0 Å². The van der Waals surface area contributed by atoms with Crippen molar-refractivity contribution < 1.29 is 22.7 Å². The van der Waals surface area contributed by atoms with Crippen molar-refractivity contribution >= 4 is 23.5 Å². The molecule has 0 spiro atoms. The van der Waals surface area contributed by atoms with Crippen LogP contribution in [0.5, 0.6) is 0 Å². The monoisotopic (exact) mass is 393 g/mol. The van der Waals surface area contributed by atoms with E-state index in [0.717, 1.165) is 25.1 Å². The summed E-state index contributed by atoms with van der Waals surface area (Å²) in [4.78, 5) is 17.5. The molecule has 2 rings (SSSR count). The Balaban J connectivity index is 1.97. The van der Waals surface area contributed by atoms with Gasteiger partial charge in [0.1, 0.15) is 11.4 Å². The van der Waals surface area contributed by atoms with Crippen LogP contribution in [-0.2, 0) is 10.9 Å². The highest BCUT2D eigenvalue weighted by Gasteiger charge is 2.32. The minimum Gasteiger partial charge on any atom is -0.444 e. The molecular weight excluding hydrogens is 371 g/mol. The minimum absolute atomic E-state index is 0.0272. The van der Waals surface area contributed by atoms with Gasteiger partial charge in [0.2, 0.25) is 0 Å². The van der Waals surface area contributed by atoms with E-state index in [1.807, 2.05) is 4.90 Å². The van der Waals surface area contributed by atoms with Gasteiger partial charge in [-0.1, -0.05) is 11.6 Å². The van der Waals surface area contributed by atoms with Gasteiger partial charge in [0, 0.05) is 25.8 Å². The molecule has 0 radical (unpaired) electrons. The van der Waals surface area contributed by atoms with Crippen LogP contribution in [0, 0.1) is 5.92 Å². The number of nitrogens with one attached hydrogen (secondary N) is 1. The highest BCUT2D eigenvalue weighted by molar-refractivity contribution is 6.33. The first kappa shape index (κ1) is 20.6. The molecular formula is C17H23ClF3N3O2. The van der Waals surface area contributed by atoms with Gasteiger partial charge in [0.05, 0.1) is 10.6 Å². The zero-order chi connectivity index (χ0) is 19.5. The molecule has 0 saturated carbocycles. The van der Waals surface area contributed by atoms with Crippen LogP contribution in [0.1, 0.15) is 39.2 Å². The Morgan fingerprint density at radius 1 is 1.42 bits per heavy atom. The SMILES string of the molecule is CC(C)(C)OC(=O)NC[C@@H]1CCCN(c2ncc(C(F)(F)F)cc2Cl)C1. The number of ether oxygens (including phenoxy) is 1. The lowest BCUT2D eigenvalue weighted by Crippen LogP contribution is -2.42. The van der Waals surface area contributed by atoms with E-state index in [-0.39, 0.29) is 10.9 Å². The number of alkyl halides is 3. The van der Waals surface area contributed by atoms with Gasteiger partial charge in [-0.2, -0.15) is 13.2 Å². The second-order valence-corrected chi connectivity index (χ2v) is 7.77. The predicted molar refractivity (Wildman–Crippen MR) is 93.4 cm³/mol. The molecule has 1 aliphatic rings. The zero-order valence-corrected chi connectivity index (χ0v) is 15.7. The van der Waals surface area contributed by atoms with E-state index in [4.69, 9.17) is 16.3 Å². The smallest absolute Gasteiger partial charge is 0.417 e. The maximum absolute atomic E-state index is 12.7. The standard InChI is InChI=1S/C17H23ClF3N3O2/c1-16(2,3)26-15(25)23-8-11-5-4-6-24(10-11)14-13(18)7-12(9-22-14)17(19,20)21/h7,9,11H,4-6,8,10H2,1-3H3,(H,23,25)/t11-/m0/s1. The molecule has 146 valence electrons. The van der Waals surface area contributed by atoms with E-state index in [0.29, 0.717) is 25.5 Å². The Kier molecular flexibility index (Phi) is 6.26. The molecule has 0 unspecified atom stereocenters. The van der Waals surface area contributed by atoms with Crippen LogP contribution in [-0.4, -0.2) is 36.3 Å². The molecule has 0 bridgehead atoms. The molecule has 1 saturated heterocycles. The maximum atomic E-state index is 12.7. The van der Waals surface area contributed by atoms with Gasteiger partial charge in [-0.05, 0) is 45.6 Å². The van der Waals surface area contributed by atoms with Gasteiger partial charge in [-0.15, -0.1) is 0 Å². The van der Waals surface area contributed by atoms with Gasteiger partial charge in [0.25, 0.3) is 0 Å². The number of piperidine rings is 1. The molecule has 5 nitrogen and oxygen atoms in total. The third kappa shape index (κ3) is 5.93. The average molecular weight is 394 g/mol. The van der Waals surface area contributed by atoms with E-state index < -0.39 is 23.4 Å². The van der Waals surface area contributed by atoms with Crippen molar-refractivity contribution in [2.75, 3.05) is 24.5 Å². The lowest BCUT2D eigenvalue weighted by molar-refractivity contribution is -0.137. The van der Waals surface area contributed by atoms with Gasteiger partial charge in [0.15, 0.2) is 0 Å². The first-order chi connectivity index (χ1) is 12.0. The summed E-state index contributed by atoms with van der Waals surface area (Å²) in [7, 11) is 0. The van der Waals surface area contributed by atoms with Crippen molar-refractivity contribution in [1.82, 2.24) is 10.3 Å². The number of aromatic nitrogens is 1. The fourth-order valence-electron chi connectivity index (χ4n) is 2.78. The van der Waals surface area contributed by atoms with Gasteiger partial charge >= 0.3 is 12.3 Å². The number of nitrogens with zero attached hydrogens (tertiary/aromatic N) is 2. The van der Waals surface area contributed by atoms with Crippen molar-refractivity contribution in [1.29, 1.82) is 0 Å². The van der Waals surface area contributed by atoms with Crippen LogP contribution in [0.4, 0.5) is 23.8 Å². The summed E-state index contributed by atoms with van der Waals surface area (Å²) in [5, 5.41) is 2.71. The van der Waals surface area contributed by atoms with E-state index in [9.17, 15) is 18.0 Å². The fraction of sp³-hybridized carbons (Fsp3) is 0.647. The molecule has 26 heavy (non-hydrogen) atoms. The van der Waals surface area contributed by atoms with E-state index in [1.165, 1.54) is 0 Å². The number of hydrogen-bond acceptors (Lipinski definition) is 4. The molecule has 0 aromatic carbocycles.